The average molecular weight is 265 g/mol. The van der Waals surface area contributed by atoms with Crippen molar-refractivity contribution < 1.29 is 4.52 Å². The summed E-state index contributed by atoms with van der Waals surface area (Å²) in [6.07, 6.45) is 0.982. The van der Waals surface area contributed by atoms with E-state index in [0.29, 0.717) is 0 Å². The minimum absolute atomic E-state index is 0.820. The van der Waals surface area contributed by atoms with E-state index >= 15 is 0 Å². The van der Waals surface area contributed by atoms with E-state index in [1.165, 1.54) is 5.56 Å². The second kappa shape index (κ2) is 3.38. The molecular formula is C11H9BrN2O. The quantitative estimate of drug-likeness (QED) is 0.861. The zero-order chi connectivity index (χ0) is 10.3. The topological polar surface area (TPSA) is 38.1 Å². The Morgan fingerprint density at radius 2 is 2.20 bits per heavy atom. The summed E-state index contributed by atoms with van der Waals surface area (Å²) in [5.41, 5.74) is 3.22. The number of halogens is 1. The van der Waals surface area contributed by atoms with Crippen LogP contribution in [0, 0.1) is 0 Å². The normalized spacial score (nSPS) is 13.7. The lowest BCUT2D eigenvalue weighted by Crippen LogP contribution is -1.92. The van der Waals surface area contributed by atoms with Gasteiger partial charge in [-0.3, -0.25) is 0 Å². The molecule has 2 heterocycles. The molecule has 1 aromatic heterocycles. The van der Waals surface area contributed by atoms with Crippen LogP contribution in [0.25, 0.3) is 11.3 Å². The van der Waals surface area contributed by atoms with Crippen LogP contribution >= 0.6 is 15.9 Å². The molecule has 2 aromatic rings. The number of fused-ring (bicyclic) bond motifs is 1. The van der Waals surface area contributed by atoms with Gasteiger partial charge in [-0.2, -0.15) is 0 Å². The van der Waals surface area contributed by atoms with Gasteiger partial charge in [0.25, 0.3) is 0 Å². The van der Waals surface area contributed by atoms with Crippen LogP contribution in [0.1, 0.15) is 5.56 Å². The van der Waals surface area contributed by atoms with Crippen LogP contribution in [0.15, 0.2) is 33.3 Å². The number of rotatable bonds is 1. The Labute approximate surface area is 95.6 Å². The van der Waals surface area contributed by atoms with Crippen LogP contribution < -0.4 is 5.32 Å². The van der Waals surface area contributed by atoms with E-state index in [4.69, 9.17) is 4.52 Å². The van der Waals surface area contributed by atoms with Crippen molar-refractivity contribution in [2.24, 2.45) is 0 Å². The molecule has 3 rings (SSSR count). The van der Waals surface area contributed by atoms with Crippen molar-refractivity contribution in [1.82, 2.24) is 5.16 Å². The van der Waals surface area contributed by atoms with Crippen molar-refractivity contribution in [3.63, 3.8) is 0 Å². The lowest BCUT2D eigenvalue weighted by Gasteiger charge is -2.00. The summed E-state index contributed by atoms with van der Waals surface area (Å²) in [5.74, 6) is 0.820. The van der Waals surface area contributed by atoms with Crippen LogP contribution in [0.3, 0.4) is 0 Å². The second-order valence-corrected chi connectivity index (χ2v) is 4.35. The molecule has 4 heteroatoms. The molecule has 1 aliphatic rings. The number of aromatic nitrogens is 1. The first-order valence-corrected chi connectivity index (χ1v) is 5.63. The Balaban J connectivity index is 2.17. The maximum absolute atomic E-state index is 5.23. The zero-order valence-electron chi connectivity index (χ0n) is 7.96. The molecule has 1 aliphatic heterocycles. The molecule has 3 nitrogen and oxygen atoms in total. The highest BCUT2D eigenvalue weighted by Gasteiger charge is 2.22. The summed E-state index contributed by atoms with van der Waals surface area (Å²) < 4.78 is 6.28. The van der Waals surface area contributed by atoms with E-state index in [1.807, 2.05) is 24.3 Å². The number of benzene rings is 1. The van der Waals surface area contributed by atoms with Crippen molar-refractivity contribution in [1.29, 1.82) is 0 Å². The summed E-state index contributed by atoms with van der Waals surface area (Å²) in [7, 11) is 0. The van der Waals surface area contributed by atoms with Gasteiger partial charge in [0.2, 0.25) is 5.88 Å². The standard InChI is InChI=1S/C11H9BrN2O/c12-9-4-2-1-3-7(9)10-8-5-6-13-11(8)15-14-10/h1-4,13H,5-6H2. The van der Waals surface area contributed by atoms with Crippen LogP contribution in [-0.4, -0.2) is 11.7 Å². The molecular weight excluding hydrogens is 256 g/mol. The van der Waals surface area contributed by atoms with Gasteiger partial charge in [-0.05, 0) is 12.5 Å². The number of hydrogen-bond donors (Lipinski definition) is 1. The Morgan fingerprint density at radius 3 is 3.07 bits per heavy atom. The molecule has 0 fully saturated rings. The van der Waals surface area contributed by atoms with Gasteiger partial charge in [-0.1, -0.05) is 39.3 Å². The van der Waals surface area contributed by atoms with E-state index < -0.39 is 0 Å². The maximum Gasteiger partial charge on any atom is 0.228 e. The van der Waals surface area contributed by atoms with Crippen LogP contribution in [0.2, 0.25) is 0 Å². The Hall–Kier alpha value is -1.29. The molecule has 0 amide bonds. The largest absolute Gasteiger partial charge is 0.353 e. The molecule has 0 saturated carbocycles. The van der Waals surface area contributed by atoms with Crippen LogP contribution in [-0.2, 0) is 6.42 Å². The van der Waals surface area contributed by atoms with Gasteiger partial charge in [0.1, 0.15) is 5.69 Å². The molecule has 0 spiro atoms. The molecule has 1 aromatic carbocycles. The fourth-order valence-electron chi connectivity index (χ4n) is 1.85. The molecule has 0 unspecified atom stereocenters. The van der Waals surface area contributed by atoms with Crippen LogP contribution in [0.5, 0.6) is 0 Å². The zero-order valence-corrected chi connectivity index (χ0v) is 9.54. The monoisotopic (exact) mass is 264 g/mol. The highest BCUT2D eigenvalue weighted by atomic mass is 79.9. The number of hydrogen-bond acceptors (Lipinski definition) is 3. The Kier molecular flexibility index (Phi) is 2.02. The van der Waals surface area contributed by atoms with Gasteiger partial charge in [-0.25, -0.2) is 0 Å². The van der Waals surface area contributed by atoms with Crippen molar-refractivity contribution in [3.8, 4) is 11.3 Å². The van der Waals surface area contributed by atoms with Gasteiger partial charge < -0.3 is 9.84 Å². The van der Waals surface area contributed by atoms with E-state index in [9.17, 15) is 0 Å². The molecule has 15 heavy (non-hydrogen) atoms. The molecule has 0 radical (unpaired) electrons. The summed E-state index contributed by atoms with van der Waals surface area (Å²) in [6.45, 7) is 0.939. The fourth-order valence-corrected chi connectivity index (χ4v) is 2.32. The predicted octanol–water partition coefficient (Wildman–Crippen LogP) is 3.07. The lowest BCUT2D eigenvalue weighted by atomic mass is 10.1. The first-order valence-electron chi connectivity index (χ1n) is 4.83. The maximum atomic E-state index is 5.23. The number of anilines is 1. The Morgan fingerprint density at radius 1 is 1.33 bits per heavy atom. The third kappa shape index (κ3) is 1.36. The molecule has 1 N–H and O–H groups in total. The minimum Gasteiger partial charge on any atom is -0.353 e. The third-order valence-electron chi connectivity index (χ3n) is 2.58. The van der Waals surface area contributed by atoms with Crippen molar-refractivity contribution in [2.75, 3.05) is 11.9 Å². The smallest absolute Gasteiger partial charge is 0.228 e. The summed E-state index contributed by atoms with van der Waals surface area (Å²) in [4.78, 5) is 0. The lowest BCUT2D eigenvalue weighted by molar-refractivity contribution is 0.436. The summed E-state index contributed by atoms with van der Waals surface area (Å²) >= 11 is 3.52. The van der Waals surface area contributed by atoms with Gasteiger partial charge in [0.15, 0.2) is 0 Å². The van der Waals surface area contributed by atoms with E-state index in [-0.39, 0.29) is 0 Å². The minimum atomic E-state index is 0.820. The highest BCUT2D eigenvalue weighted by molar-refractivity contribution is 9.10. The average Bonchev–Trinajstić information content (AvgIpc) is 2.80. The van der Waals surface area contributed by atoms with Gasteiger partial charge in [0.05, 0.1) is 0 Å². The van der Waals surface area contributed by atoms with E-state index in [1.54, 1.807) is 0 Å². The van der Waals surface area contributed by atoms with Gasteiger partial charge in [0, 0.05) is 22.1 Å². The summed E-state index contributed by atoms with van der Waals surface area (Å²) in [5, 5.41) is 7.27. The van der Waals surface area contributed by atoms with Crippen molar-refractivity contribution in [3.05, 3.63) is 34.3 Å². The van der Waals surface area contributed by atoms with E-state index in [2.05, 4.69) is 26.4 Å². The highest BCUT2D eigenvalue weighted by Crippen LogP contribution is 2.35. The second-order valence-electron chi connectivity index (χ2n) is 3.50. The van der Waals surface area contributed by atoms with Crippen molar-refractivity contribution in [2.45, 2.75) is 6.42 Å². The Bertz CT molecular complexity index is 507. The van der Waals surface area contributed by atoms with Crippen LogP contribution in [0.4, 0.5) is 5.88 Å². The molecule has 76 valence electrons. The SMILES string of the molecule is Brc1ccccc1-c1noc2c1CCN2. The molecule has 0 aliphatic carbocycles. The first-order chi connectivity index (χ1) is 7.36. The number of nitrogens with one attached hydrogen (secondary N) is 1. The predicted molar refractivity (Wildman–Crippen MR) is 61.8 cm³/mol. The molecule has 0 bridgehead atoms. The third-order valence-corrected chi connectivity index (χ3v) is 3.27. The van der Waals surface area contributed by atoms with E-state index in [0.717, 1.165) is 34.6 Å². The van der Waals surface area contributed by atoms with Crippen molar-refractivity contribution >= 4 is 21.8 Å². The summed E-state index contributed by atoms with van der Waals surface area (Å²) in [6, 6.07) is 8.05. The molecule has 0 saturated heterocycles. The van der Waals surface area contributed by atoms with Gasteiger partial charge >= 0.3 is 0 Å². The molecule has 0 atom stereocenters. The first kappa shape index (κ1) is 8.97. The fraction of sp³-hybridized carbons (Fsp3) is 0.182. The number of nitrogens with zero attached hydrogens (tertiary/aromatic N) is 1. The van der Waals surface area contributed by atoms with Gasteiger partial charge in [-0.15, -0.1) is 0 Å².